The van der Waals surface area contributed by atoms with Crippen LogP contribution in [0.3, 0.4) is 0 Å². The molecule has 1 aromatic heterocycles. The third-order valence-corrected chi connectivity index (χ3v) is 4.31. The van der Waals surface area contributed by atoms with Gasteiger partial charge in [-0.05, 0) is 67.1 Å². The fraction of sp³-hybridized carbons (Fsp3) is 0.389. The van der Waals surface area contributed by atoms with Crippen LogP contribution < -0.4 is 10.5 Å². The van der Waals surface area contributed by atoms with Gasteiger partial charge in [0.05, 0.1) is 11.7 Å². The van der Waals surface area contributed by atoms with E-state index in [0.717, 1.165) is 31.7 Å². The van der Waals surface area contributed by atoms with Crippen molar-refractivity contribution in [2.45, 2.75) is 44.0 Å². The maximum atomic E-state index is 13.3. The van der Waals surface area contributed by atoms with Crippen LogP contribution in [-0.4, -0.2) is 17.1 Å². The van der Waals surface area contributed by atoms with E-state index in [-0.39, 0.29) is 17.7 Å². The average Bonchev–Trinajstić information content (AvgIpc) is 2.57. The number of alkyl halides is 3. The van der Waals surface area contributed by atoms with E-state index >= 15 is 0 Å². The summed E-state index contributed by atoms with van der Waals surface area (Å²) in [6.45, 7) is 0. The Bertz CT molecular complexity index is 680. The van der Waals surface area contributed by atoms with Crippen molar-refractivity contribution in [2.75, 3.05) is 0 Å². The third kappa shape index (κ3) is 3.87. The zero-order valence-electron chi connectivity index (χ0n) is 13.1. The number of aromatic nitrogens is 1. The van der Waals surface area contributed by atoms with E-state index in [4.69, 9.17) is 10.5 Å². The molecule has 0 radical (unpaired) electrons. The fourth-order valence-corrected chi connectivity index (χ4v) is 3.01. The van der Waals surface area contributed by atoms with Crippen LogP contribution in [0.2, 0.25) is 0 Å². The van der Waals surface area contributed by atoms with E-state index in [1.165, 1.54) is 24.5 Å². The molecule has 0 atom stereocenters. The summed E-state index contributed by atoms with van der Waals surface area (Å²) in [6.07, 6.45) is 1.95. The Balaban J connectivity index is 1.90. The highest BCUT2D eigenvalue weighted by Crippen LogP contribution is 2.39. The lowest BCUT2D eigenvalue weighted by molar-refractivity contribution is -0.137. The minimum atomic E-state index is -4.42. The van der Waals surface area contributed by atoms with Gasteiger partial charge in [0.1, 0.15) is 5.75 Å². The van der Waals surface area contributed by atoms with E-state index < -0.39 is 11.7 Å². The molecule has 3 rings (SSSR count). The molecule has 0 saturated heterocycles. The summed E-state index contributed by atoms with van der Waals surface area (Å²) in [5.74, 6) is 0.454. The Kier molecular flexibility index (Phi) is 4.76. The van der Waals surface area contributed by atoms with Gasteiger partial charge >= 0.3 is 6.18 Å². The van der Waals surface area contributed by atoms with Crippen LogP contribution >= 0.6 is 0 Å². The summed E-state index contributed by atoms with van der Waals surface area (Å²) >= 11 is 0. The van der Waals surface area contributed by atoms with E-state index in [9.17, 15) is 13.2 Å². The monoisotopic (exact) mass is 336 g/mol. The molecule has 6 heteroatoms. The summed E-state index contributed by atoms with van der Waals surface area (Å²) in [6, 6.07) is 7.26. The predicted octanol–water partition coefficient (Wildman–Crippen LogP) is 4.42. The summed E-state index contributed by atoms with van der Waals surface area (Å²) in [5.41, 5.74) is 5.77. The van der Waals surface area contributed by atoms with E-state index in [1.54, 1.807) is 12.1 Å². The molecule has 128 valence electrons. The van der Waals surface area contributed by atoms with Gasteiger partial charge in [0, 0.05) is 18.4 Å². The first-order valence-electron chi connectivity index (χ1n) is 7.97. The lowest BCUT2D eigenvalue weighted by Gasteiger charge is -2.27. The predicted molar refractivity (Wildman–Crippen MR) is 85.5 cm³/mol. The number of nitrogens with two attached hydrogens (primary N) is 1. The SMILES string of the molecule is NC1CCC(Oc2ccc(C(F)(F)F)c(-c3ccncc3)c2)CC1. The van der Waals surface area contributed by atoms with Gasteiger partial charge in [0.25, 0.3) is 0 Å². The van der Waals surface area contributed by atoms with E-state index in [0.29, 0.717) is 11.3 Å². The van der Waals surface area contributed by atoms with Gasteiger partial charge in [-0.15, -0.1) is 0 Å². The molecule has 1 aliphatic rings. The van der Waals surface area contributed by atoms with Crippen molar-refractivity contribution >= 4 is 0 Å². The van der Waals surface area contributed by atoms with Gasteiger partial charge in [-0.1, -0.05) is 0 Å². The Hall–Kier alpha value is -2.08. The first kappa shape index (κ1) is 16.8. The number of pyridine rings is 1. The van der Waals surface area contributed by atoms with Gasteiger partial charge < -0.3 is 10.5 Å². The van der Waals surface area contributed by atoms with Crippen molar-refractivity contribution in [3.8, 4) is 16.9 Å². The number of hydrogen-bond donors (Lipinski definition) is 1. The Morgan fingerprint density at radius 2 is 1.67 bits per heavy atom. The lowest BCUT2D eigenvalue weighted by atomic mass is 9.93. The van der Waals surface area contributed by atoms with Crippen LogP contribution in [0.4, 0.5) is 13.2 Å². The van der Waals surface area contributed by atoms with Crippen LogP contribution in [0, 0.1) is 0 Å². The first-order chi connectivity index (χ1) is 11.4. The van der Waals surface area contributed by atoms with Crippen LogP contribution in [-0.2, 0) is 6.18 Å². The highest BCUT2D eigenvalue weighted by Gasteiger charge is 2.34. The summed E-state index contributed by atoms with van der Waals surface area (Å²) in [4.78, 5) is 3.86. The lowest BCUT2D eigenvalue weighted by Crippen LogP contribution is -2.31. The number of benzene rings is 1. The molecular formula is C18H19F3N2O. The van der Waals surface area contributed by atoms with Gasteiger partial charge in [-0.3, -0.25) is 4.98 Å². The molecule has 24 heavy (non-hydrogen) atoms. The summed E-state index contributed by atoms with van der Waals surface area (Å²) in [7, 11) is 0. The topological polar surface area (TPSA) is 48.1 Å². The molecule has 1 saturated carbocycles. The quantitative estimate of drug-likeness (QED) is 0.903. The molecule has 0 unspecified atom stereocenters. The maximum Gasteiger partial charge on any atom is 0.417 e. The van der Waals surface area contributed by atoms with E-state index in [2.05, 4.69) is 4.98 Å². The maximum absolute atomic E-state index is 13.3. The largest absolute Gasteiger partial charge is 0.490 e. The smallest absolute Gasteiger partial charge is 0.417 e. The molecule has 1 aliphatic carbocycles. The van der Waals surface area contributed by atoms with Crippen LogP contribution in [0.5, 0.6) is 5.75 Å². The summed E-state index contributed by atoms with van der Waals surface area (Å²) in [5, 5.41) is 0. The fourth-order valence-electron chi connectivity index (χ4n) is 3.01. The third-order valence-electron chi connectivity index (χ3n) is 4.31. The van der Waals surface area contributed by atoms with Gasteiger partial charge in [0.2, 0.25) is 0 Å². The van der Waals surface area contributed by atoms with Gasteiger partial charge in [0.15, 0.2) is 0 Å². The number of rotatable bonds is 3. The average molecular weight is 336 g/mol. The Labute approximate surface area is 138 Å². The van der Waals surface area contributed by atoms with Gasteiger partial charge in [-0.2, -0.15) is 13.2 Å². The standard InChI is InChI=1S/C18H19F3N2O/c19-18(20,21)17-6-5-15(24-14-3-1-13(22)2-4-14)11-16(17)12-7-9-23-10-8-12/h5-11,13-14H,1-4,22H2. The molecule has 2 N–H and O–H groups in total. The molecule has 0 spiro atoms. The second kappa shape index (κ2) is 6.81. The number of halogens is 3. The molecule has 3 nitrogen and oxygen atoms in total. The number of ether oxygens (including phenoxy) is 1. The van der Waals surface area contributed by atoms with E-state index in [1.807, 2.05) is 0 Å². The molecule has 1 fully saturated rings. The first-order valence-corrected chi connectivity index (χ1v) is 7.97. The number of hydrogen-bond acceptors (Lipinski definition) is 3. The molecule has 1 heterocycles. The van der Waals surface area contributed by atoms with Crippen molar-refractivity contribution in [1.82, 2.24) is 4.98 Å². The van der Waals surface area contributed by atoms with Crippen molar-refractivity contribution in [3.63, 3.8) is 0 Å². The zero-order chi connectivity index (χ0) is 17.2. The second-order valence-corrected chi connectivity index (χ2v) is 6.10. The van der Waals surface area contributed by atoms with Crippen LogP contribution in [0.15, 0.2) is 42.7 Å². The van der Waals surface area contributed by atoms with Crippen LogP contribution in [0.1, 0.15) is 31.2 Å². The van der Waals surface area contributed by atoms with Crippen molar-refractivity contribution in [3.05, 3.63) is 48.3 Å². The zero-order valence-corrected chi connectivity index (χ0v) is 13.1. The summed E-state index contributed by atoms with van der Waals surface area (Å²) < 4.78 is 45.8. The highest BCUT2D eigenvalue weighted by molar-refractivity contribution is 5.69. The molecular weight excluding hydrogens is 317 g/mol. The Morgan fingerprint density at radius 3 is 2.29 bits per heavy atom. The normalized spacial score (nSPS) is 21.5. The Morgan fingerprint density at radius 1 is 1.00 bits per heavy atom. The minimum absolute atomic E-state index is 0.00632. The molecule has 2 aromatic rings. The molecule has 0 bridgehead atoms. The molecule has 0 aliphatic heterocycles. The van der Waals surface area contributed by atoms with Gasteiger partial charge in [-0.25, -0.2) is 0 Å². The molecule has 1 aromatic carbocycles. The number of nitrogens with zero attached hydrogens (tertiary/aromatic N) is 1. The minimum Gasteiger partial charge on any atom is -0.490 e. The van der Waals surface area contributed by atoms with Crippen LogP contribution in [0.25, 0.3) is 11.1 Å². The van der Waals surface area contributed by atoms with Crippen molar-refractivity contribution in [1.29, 1.82) is 0 Å². The molecule has 0 amide bonds. The second-order valence-electron chi connectivity index (χ2n) is 6.10. The highest BCUT2D eigenvalue weighted by atomic mass is 19.4. The van der Waals surface area contributed by atoms with Crippen molar-refractivity contribution in [2.24, 2.45) is 5.73 Å². The van der Waals surface area contributed by atoms with Crippen molar-refractivity contribution < 1.29 is 17.9 Å².